The highest BCUT2D eigenvalue weighted by Crippen LogP contribution is 2.33. The predicted octanol–water partition coefficient (Wildman–Crippen LogP) is 11.1. The van der Waals surface area contributed by atoms with E-state index in [0.29, 0.717) is 0 Å². The van der Waals surface area contributed by atoms with Gasteiger partial charge in [0.05, 0.1) is 0 Å². The third-order valence-corrected chi connectivity index (χ3v) is 5.49. The van der Waals surface area contributed by atoms with E-state index in [9.17, 15) is 0 Å². The summed E-state index contributed by atoms with van der Waals surface area (Å²) in [6, 6.07) is 35.5. The van der Waals surface area contributed by atoms with Crippen LogP contribution in [0.3, 0.4) is 0 Å². The number of benzene rings is 3. The SMILES string of the molecule is C1=CCC=C1.CC.CC.Cc1ccc(C)s1.c1ccc(N(c2ccccc2)c2ccccc2)cc1. The van der Waals surface area contributed by atoms with Gasteiger partial charge in [0.15, 0.2) is 0 Å². The van der Waals surface area contributed by atoms with Gasteiger partial charge in [0.25, 0.3) is 0 Å². The molecule has 0 unspecified atom stereocenters. The Morgan fingerprint density at radius 1 is 0.486 bits per heavy atom. The third kappa shape index (κ3) is 11.6. The number of thiophene rings is 1. The molecular formula is C33H41NS. The van der Waals surface area contributed by atoms with E-state index in [-0.39, 0.29) is 0 Å². The summed E-state index contributed by atoms with van der Waals surface area (Å²) in [4.78, 5) is 5.05. The zero-order chi connectivity index (χ0) is 25.7. The number of para-hydroxylation sites is 3. The molecule has 1 nitrogen and oxygen atoms in total. The number of nitrogens with zero attached hydrogens (tertiary/aromatic N) is 1. The van der Waals surface area contributed by atoms with Gasteiger partial charge in [-0.3, -0.25) is 0 Å². The summed E-state index contributed by atoms with van der Waals surface area (Å²) in [5.41, 5.74) is 3.50. The molecule has 0 fully saturated rings. The lowest BCUT2D eigenvalue weighted by atomic mass is 10.2. The first-order chi connectivity index (χ1) is 17.2. The minimum atomic E-state index is 1.14. The van der Waals surface area contributed by atoms with Crippen molar-refractivity contribution in [3.05, 3.63) is 137 Å². The molecule has 0 bridgehead atoms. The van der Waals surface area contributed by atoms with Crippen LogP contribution in [0.4, 0.5) is 17.1 Å². The van der Waals surface area contributed by atoms with Crippen LogP contribution in [0.2, 0.25) is 0 Å². The van der Waals surface area contributed by atoms with Crippen LogP contribution in [0.1, 0.15) is 43.9 Å². The van der Waals surface area contributed by atoms with E-state index in [4.69, 9.17) is 0 Å². The highest BCUT2D eigenvalue weighted by molar-refractivity contribution is 7.11. The molecule has 35 heavy (non-hydrogen) atoms. The summed E-state index contributed by atoms with van der Waals surface area (Å²) < 4.78 is 0. The average molecular weight is 484 g/mol. The molecule has 0 spiro atoms. The zero-order valence-electron chi connectivity index (χ0n) is 22.2. The normalized spacial score (nSPS) is 10.2. The Hall–Kier alpha value is -3.36. The maximum Gasteiger partial charge on any atom is 0.0461 e. The number of anilines is 3. The van der Waals surface area contributed by atoms with Crippen LogP contribution in [0.5, 0.6) is 0 Å². The van der Waals surface area contributed by atoms with E-state index in [2.05, 4.69) is 128 Å². The van der Waals surface area contributed by atoms with Gasteiger partial charge in [0, 0.05) is 26.8 Å². The minimum absolute atomic E-state index is 1.14. The quantitative estimate of drug-likeness (QED) is 0.280. The molecule has 2 heteroatoms. The van der Waals surface area contributed by atoms with Gasteiger partial charge in [-0.1, -0.05) is 107 Å². The highest BCUT2D eigenvalue weighted by Gasteiger charge is 2.10. The molecule has 0 radical (unpaired) electrons. The van der Waals surface area contributed by atoms with Crippen molar-refractivity contribution in [1.29, 1.82) is 0 Å². The van der Waals surface area contributed by atoms with Crippen LogP contribution in [-0.4, -0.2) is 0 Å². The van der Waals surface area contributed by atoms with Crippen molar-refractivity contribution >= 4 is 28.4 Å². The number of hydrogen-bond acceptors (Lipinski definition) is 2. The Kier molecular flexibility index (Phi) is 16.1. The Bertz CT molecular complexity index is 943. The van der Waals surface area contributed by atoms with Gasteiger partial charge in [0.1, 0.15) is 0 Å². The van der Waals surface area contributed by atoms with E-state index >= 15 is 0 Å². The molecule has 0 N–H and O–H groups in total. The van der Waals surface area contributed by atoms with Gasteiger partial charge in [-0.2, -0.15) is 0 Å². The van der Waals surface area contributed by atoms with Crippen LogP contribution < -0.4 is 4.90 Å². The lowest BCUT2D eigenvalue weighted by Crippen LogP contribution is -2.09. The second-order valence-corrected chi connectivity index (χ2v) is 8.58. The van der Waals surface area contributed by atoms with Crippen molar-refractivity contribution in [1.82, 2.24) is 0 Å². The van der Waals surface area contributed by atoms with E-state index in [1.54, 1.807) is 0 Å². The molecule has 1 aliphatic rings. The first-order valence-electron chi connectivity index (χ1n) is 12.5. The number of hydrogen-bond donors (Lipinski definition) is 0. The topological polar surface area (TPSA) is 3.24 Å². The molecule has 184 valence electrons. The largest absolute Gasteiger partial charge is 0.311 e. The van der Waals surface area contributed by atoms with Crippen LogP contribution in [0.25, 0.3) is 0 Å². The van der Waals surface area contributed by atoms with Gasteiger partial charge >= 0.3 is 0 Å². The lowest BCUT2D eigenvalue weighted by molar-refractivity contribution is 1.28. The summed E-state index contributed by atoms with van der Waals surface area (Å²) in [6.07, 6.45) is 9.50. The Labute approximate surface area is 218 Å². The van der Waals surface area contributed by atoms with Gasteiger partial charge in [-0.15, -0.1) is 11.3 Å². The lowest BCUT2D eigenvalue weighted by Gasteiger charge is -2.25. The summed E-state index contributed by atoms with van der Waals surface area (Å²) >= 11 is 1.84. The van der Waals surface area contributed by atoms with E-state index in [0.717, 1.165) is 6.42 Å². The summed E-state index contributed by atoms with van der Waals surface area (Å²) in [5.74, 6) is 0. The van der Waals surface area contributed by atoms with Crippen LogP contribution in [0, 0.1) is 13.8 Å². The fraction of sp³-hybridized carbons (Fsp3) is 0.212. The summed E-state index contributed by atoms with van der Waals surface area (Å²) in [6.45, 7) is 12.2. The molecule has 1 aromatic heterocycles. The molecule has 0 saturated carbocycles. The van der Waals surface area contributed by atoms with Gasteiger partial charge in [-0.25, -0.2) is 0 Å². The van der Waals surface area contributed by atoms with Gasteiger partial charge < -0.3 is 4.90 Å². The molecule has 5 rings (SSSR count). The number of rotatable bonds is 3. The van der Waals surface area contributed by atoms with Crippen molar-refractivity contribution in [2.45, 2.75) is 48.0 Å². The highest BCUT2D eigenvalue weighted by atomic mass is 32.1. The monoisotopic (exact) mass is 483 g/mol. The minimum Gasteiger partial charge on any atom is -0.311 e. The molecule has 4 aromatic rings. The number of aryl methyl sites for hydroxylation is 2. The molecule has 0 saturated heterocycles. The first-order valence-corrected chi connectivity index (χ1v) is 13.4. The van der Waals surface area contributed by atoms with Crippen molar-refractivity contribution in [3.63, 3.8) is 0 Å². The standard InChI is InChI=1S/C18H15N.C6H8S.C5H6.2C2H6/c1-4-10-16(11-5-1)19(17-12-6-2-7-13-17)18-14-8-3-9-15-18;1-5-3-4-6(2)7-5;1-2-4-5-3-1;2*1-2/h1-15H;3-4H,1-2H3;1-4H,5H2;2*1-2H3. The maximum atomic E-state index is 2.25. The van der Waals surface area contributed by atoms with E-state index in [1.165, 1.54) is 26.8 Å². The molecule has 1 aliphatic carbocycles. The van der Waals surface area contributed by atoms with Crippen molar-refractivity contribution in [3.8, 4) is 0 Å². The predicted molar refractivity (Wildman–Crippen MR) is 161 cm³/mol. The van der Waals surface area contributed by atoms with Crippen molar-refractivity contribution in [2.24, 2.45) is 0 Å². The fourth-order valence-electron chi connectivity index (χ4n) is 3.13. The maximum absolute atomic E-state index is 2.25. The Balaban J connectivity index is 0.000000313. The second kappa shape index (κ2) is 19.0. The Morgan fingerprint density at radius 3 is 1.00 bits per heavy atom. The van der Waals surface area contributed by atoms with Crippen LogP contribution in [0.15, 0.2) is 127 Å². The van der Waals surface area contributed by atoms with Crippen molar-refractivity contribution in [2.75, 3.05) is 4.90 Å². The first kappa shape index (κ1) is 29.7. The van der Waals surface area contributed by atoms with E-state index < -0.39 is 0 Å². The van der Waals surface area contributed by atoms with E-state index in [1.807, 2.05) is 57.2 Å². The Morgan fingerprint density at radius 2 is 0.800 bits per heavy atom. The van der Waals surface area contributed by atoms with Gasteiger partial charge in [-0.05, 0) is 68.8 Å². The van der Waals surface area contributed by atoms with Gasteiger partial charge in [0.2, 0.25) is 0 Å². The fourth-order valence-corrected chi connectivity index (χ4v) is 3.91. The molecule has 0 atom stereocenters. The summed E-state index contributed by atoms with van der Waals surface area (Å²) in [5, 5.41) is 0. The third-order valence-electron chi connectivity index (χ3n) is 4.57. The van der Waals surface area contributed by atoms with Crippen LogP contribution in [-0.2, 0) is 0 Å². The molecule has 1 heterocycles. The molecular weight excluding hydrogens is 442 g/mol. The smallest absolute Gasteiger partial charge is 0.0461 e. The zero-order valence-corrected chi connectivity index (χ0v) is 23.0. The second-order valence-electron chi connectivity index (χ2n) is 7.09. The summed E-state index contributed by atoms with van der Waals surface area (Å²) in [7, 11) is 0. The average Bonchev–Trinajstić information content (AvgIpc) is 3.64. The molecule has 0 amide bonds. The molecule has 3 aromatic carbocycles. The van der Waals surface area contributed by atoms with Crippen molar-refractivity contribution < 1.29 is 0 Å². The number of allylic oxidation sites excluding steroid dienone is 4. The van der Waals surface area contributed by atoms with Crippen LogP contribution >= 0.6 is 11.3 Å². The molecule has 0 aliphatic heterocycles.